The van der Waals surface area contributed by atoms with Crippen molar-refractivity contribution >= 4 is 23.4 Å². The summed E-state index contributed by atoms with van der Waals surface area (Å²) in [5.41, 5.74) is 1.96. The van der Waals surface area contributed by atoms with Crippen molar-refractivity contribution in [3.63, 3.8) is 0 Å². The van der Waals surface area contributed by atoms with Gasteiger partial charge in [0.05, 0.1) is 17.3 Å². The van der Waals surface area contributed by atoms with Gasteiger partial charge in [-0.2, -0.15) is 5.26 Å². The van der Waals surface area contributed by atoms with Gasteiger partial charge in [0.15, 0.2) is 0 Å². The maximum absolute atomic E-state index is 13.0. The van der Waals surface area contributed by atoms with Crippen molar-refractivity contribution < 1.29 is 27.4 Å². The summed E-state index contributed by atoms with van der Waals surface area (Å²) in [4.78, 5) is 13.0. The Labute approximate surface area is 217 Å². The van der Waals surface area contributed by atoms with Gasteiger partial charge in [0.2, 0.25) is 0 Å². The van der Waals surface area contributed by atoms with Gasteiger partial charge in [0, 0.05) is 12.3 Å². The van der Waals surface area contributed by atoms with Gasteiger partial charge >= 0.3 is 6.36 Å². The first-order valence-electron chi connectivity index (χ1n) is 11.2. The summed E-state index contributed by atoms with van der Waals surface area (Å²) >= 11 is 1.16. The lowest BCUT2D eigenvalue weighted by atomic mass is 10.2. The summed E-state index contributed by atoms with van der Waals surface area (Å²) in [5, 5.41) is 16.0. The summed E-state index contributed by atoms with van der Waals surface area (Å²) in [5.74, 6) is -0.0931. The highest BCUT2D eigenvalue weighted by Gasteiger charge is 2.31. The SMILES string of the molecule is CCOc1ccccc1NC(SCc1ccc(OC(F)(F)F)cc1)=C(C#N)C(=O)NCc1ccccc1. The lowest BCUT2D eigenvalue weighted by Gasteiger charge is -2.16. The number of alkyl halides is 3. The second-order valence-corrected chi connectivity index (χ2v) is 8.50. The van der Waals surface area contributed by atoms with E-state index in [9.17, 15) is 23.2 Å². The maximum Gasteiger partial charge on any atom is 0.573 e. The molecule has 0 aliphatic rings. The second-order valence-electron chi connectivity index (χ2n) is 7.52. The van der Waals surface area contributed by atoms with Crippen LogP contribution >= 0.6 is 11.8 Å². The summed E-state index contributed by atoms with van der Waals surface area (Å²) in [6, 6.07) is 23.7. The molecular weight excluding hydrogens is 503 g/mol. The van der Waals surface area contributed by atoms with Crippen LogP contribution in [0.25, 0.3) is 0 Å². The van der Waals surface area contributed by atoms with E-state index in [4.69, 9.17) is 4.74 Å². The van der Waals surface area contributed by atoms with E-state index in [2.05, 4.69) is 15.4 Å². The number of nitrogens with one attached hydrogen (secondary N) is 2. The molecule has 3 aromatic rings. The van der Waals surface area contributed by atoms with Gasteiger partial charge in [0.1, 0.15) is 23.1 Å². The van der Waals surface area contributed by atoms with Crippen molar-refractivity contribution in [2.45, 2.75) is 25.6 Å². The predicted octanol–water partition coefficient (Wildman–Crippen LogP) is 6.38. The fraction of sp³-hybridized carbons (Fsp3) is 0.185. The zero-order chi connectivity index (χ0) is 26.7. The molecule has 0 unspecified atom stereocenters. The Morgan fingerprint density at radius 3 is 2.30 bits per heavy atom. The number of amides is 1. The van der Waals surface area contributed by atoms with Gasteiger partial charge in [-0.05, 0) is 42.3 Å². The quantitative estimate of drug-likeness (QED) is 0.222. The van der Waals surface area contributed by atoms with Crippen molar-refractivity contribution in [3.05, 3.63) is 101 Å². The number of para-hydroxylation sites is 2. The third-order valence-electron chi connectivity index (χ3n) is 4.84. The van der Waals surface area contributed by atoms with Gasteiger partial charge < -0.3 is 20.1 Å². The molecule has 0 fully saturated rings. The Bertz CT molecular complexity index is 1260. The van der Waals surface area contributed by atoms with E-state index in [-0.39, 0.29) is 28.6 Å². The molecule has 3 aromatic carbocycles. The lowest BCUT2D eigenvalue weighted by molar-refractivity contribution is -0.274. The molecule has 10 heteroatoms. The first-order valence-corrected chi connectivity index (χ1v) is 12.2. The highest BCUT2D eigenvalue weighted by molar-refractivity contribution is 8.02. The molecule has 2 N–H and O–H groups in total. The van der Waals surface area contributed by atoms with Crippen LogP contribution in [0, 0.1) is 11.3 Å². The van der Waals surface area contributed by atoms with Crippen molar-refractivity contribution in [3.8, 4) is 17.6 Å². The van der Waals surface area contributed by atoms with Gasteiger partial charge in [-0.3, -0.25) is 4.79 Å². The topological polar surface area (TPSA) is 83.4 Å². The number of carbonyl (C=O) groups excluding carboxylic acids is 1. The van der Waals surface area contributed by atoms with Gasteiger partial charge in [-0.25, -0.2) is 0 Å². The second kappa shape index (κ2) is 13.3. The minimum absolute atomic E-state index is 0.135. The van der Waals surface area contributed by atoms with Crippen molar-refractivity contribution in [2.75, 3.05) is 11.9 Å². The molecule has 0 saturated carbocycles. The van der Waals surface area contributed by atoms with E-state index in [1.807, 2.05) is 43.3 Å². The minimum atomic E-state index is -4.78. The molecule has 6 nitrogen and oxygen atoms in total. The Morgan fingerprint density at radius 2 is 1.65 bits per heavy atom. The van der Waals surface area contributed by atoms with Crippen molar-refractivity contribution in [1.29, 1.82) is 5.26 Å². The van der Waals surface area contributed by atoms with E-state index in [1.54, 1.807) is 24.3 Å². The van der Waals surface area contributed by atoms with E-state index >= 15 is 0 Å². The van der Waals surface area contributed by atoms with Crippen LogP contribution in [-0.2, 0) is 17.1 Å². The molecule has 3 rings (SSSR count). The number of ether oxygens (including phenoxy) is 2. The van der Waals surface area contributed by atoms with Crippen LogP contribution < -0.4 is 20.1 Å². The standard InChI is InChI=1S/C27H24F3N3O3S/c1-2-35-24-11-7-6-10-23(24)33-26(22(16-31)25(34)32-17-19-8-4-3-5-9-19)37-18-20-12-14-21(15-13-20)36-27(28,29)30/h3-15,33H,2,17-18H2,1H3,(H,32,34). The molecule has 192 valence electrons. The third-order valence-corrected chi connectivity index (χ3v) is 5.91. The van der Waals surface area contributed by atoms with E-state index < -0.39 is 12.3 Å². The van der Waals surface area contributed by atoms with Crippen LogP contribution in [-0.4, -0.2) is 18.9 Å². The minimum Gasteiger partial charge on any atom is -0.492 e. The molecule has 0 atom stereocenters. The van der Waals surface area contributed by atoms with E-state index in [0.29, 0.717) is 23.6 Å². The molecule has 0 radical (unpaired) electrons. The fourth-order valence-corrected chi connectivity index (χ4v) is 4.13. The molecule has 0 saturated heterocycles. The highest BCUT2D eigenvalue weighted by atomic mass is 32.2. The monoisotopic (exact) mass is 527 g/mol. The van der Waals surface area contributed by atoms with Crippen LogP contribution in [0.2, 0.25) is 0 Å². The molecule has 1 amide bonds. The van der Waals surface area contributed by atoms with Crippen LogP contribution in [0.5, 0.6) is 11.5 Å². The van der Waals surface area contributed by atoms with Crippen LogP contribution in [0.4, 0.5) is 18.9 Å². The number of halogens is 3. The summed E-state index contributed by atoms with van der Waals surface area (Å²) in [6.45, 7) is 2.49. The van der Waals surface area contributed by atoms with E-state index in [0.717, 1.165) is 17.3 Å². The zero-order valence-electron chi connectivity index (χ0n) is 19.8. The Balaban J connectivity index is 1.84. The van der Waals surface area contributed by atoms with Crippen molar-refractivity contribution in [2.24, 2.45) is 0 Å². The lowest BCUT2D eigenvalue weighted by Crippen LogP contribution is -2.25. The number of anilines is 1. The van der Waals surface area contributed by atoms with Crippen LogP contribution in [0.3, 0.4) is 0 Å². The van der Waals surface area contributed by atoms with Gasteiger partial charge in [0.25, 0.3) is 5.91 Å². The Hall–Kier alpha value is -4.10. The number of carbonyl (C=O) groups is 1. The summed E-state index contributed by atoms with van der Waals surface area (Å²) in [6.07, 6.45) is -4.78. The molecule has 0 aromatic heterocycles. The number of benzene rings is 3. The molecule has 0 aliphatic carbocycles. The smallest absolute Gasteiger partial charge is 0.492 e. The molecular formula is C27H24F3N3O3S. The number of hydrogen-bond acceptors (Lipinski definition) is 6. The number of rotatable bonds is 11. The van der Waals surface area contributed by atoms with Crippen LogP contribution in [0.15, 0.2) is 89.5 Å². The normalized spacial score (nSPS) is 11.6. The molecule has 0 heterocycles. The summed E-state index contributed by atoms with van der Waals surface area (Å²) in [7, 11) is 0. The first-order chi connectivity index (χ1) is 17.8. The molecule has 0 aliphatic heterocycles. The number of hydrogen-bond donors (Lipinski definition) is 2. The van der Waals surface area contributed by atoms with Gasteiger partial charge in [-0.15, -0.1) is 24.9 Å². The number of thioether (sulfide) groups is 1. The predicted molar refractivity (Wildman–Crippen MR) is 137 cm³/mol. The molecule has 0 spiro atoms. The maximum atomic E-state index is 13.0. The fourth-order valence-electron chi connectivity index (χ4n) is 3.16. The zero-order valence-corrected chi connectivity index (χ0v) is 20.7. The average Bonchev–Trinajstić information content (AvgIpc) is 2.88. The average molecular weight is 528 g/mol. The Kier molecular flexibility index (Phi) is 9.86. The van der Waals surface area contributed by atoms with E-state index in [1.165, 1.54) is 24.3 Å². The Morgan fingerprint density at radius 1 is 0.973 bits per heavy atom. The number of nitrogens with zero attached hydrogens (tertiary/aromatic N) is 1. The first kappa shape index (κ1) is 27.5. The molecule has 0 bridgehead atoms. The highest BCUT2D eigenvalue weighted by Crippen LogP contribution is 2.32. The largest absolute Gasteiger partial charge is 0.573 e. The molecule has 37 heavy (non-hydrogen) atoms. The van der Waals surface area contributed by atoms with Crippen molar-refractivity contribution in [1.82, 2.24) is 5.32 Å². The van der Waals surface area contributed by atoms with Gasteiger partial charge in [-0.1, -0.05) is 54.6 Å². The summed E-state index contributed by atoms with van der Waals surface area (Å²) < 4.78 is 46.9. The third kappa shape index (κ3) is 8.81. The number of nitriles is 1. The van der Waals surface area contributed by atoms with Crippen LogP contribution in [0.1, 0.15) is 18.1 Å².